The SMILES string of the molecule is CCCN(C)C(=O)COC1CCNCC1. The van der Waals surface area contributed by atoms with Crippen LogP contribution in [-0.2, 0) is 9.53 Å². The highest BCUT2D eigenvalue weighted by molar-refractivity contribution is 5.77. The minimum absolute atomic E-state index is 0.0929. The highest BCUT2D eigenvalue weighted by atomic mass is 16.5. The lowest BCUT2D eigenvalue weighted by Crippen LogP contribution is -2.36. The Balaban J connectivity index is 2.14. The first-order chi connectivity index (χ1) is 7.24. The third kappa shape index (κ3) is 4.62. The molecule has 0 aliphatic carbocycles. The third-order valence-corrected chi connectivity index (χ3v) is 2.71. The molecule has 0 aromatic rings. The van der Waals surface area contributed by atoms with E-state index >= 15 is 0 Å². The van der Waals surface area contributed by atoms with Crippen molar-refractivity contribution in [3.05, 3.63) is 0 Å². The molecule has 1 N–H and O–H groups in total. The summed E-state index contributed by atoms with van der Waals surface area (Å²) < 4.78 is 5.58. The van der Waals surface area contributed by atoms with Gasteiger partial charge in [0.1, 0.15) is 6.61 Å². The first-order valence-electron chi connectivity index (χ1n) is 5.80. The third-order valence-electron chi connectivity index (χ3n) is 2.71. The number of amides is 1. The van der Waals surface area contributed by atoms with E-state index in [0.717, 1.165) is 38.9 Å². The average Bonchev–Trinajstić information content (AvgIpc) is 2.27. The van der Waals surface area contributed by atoms with E-state index in [1.165, 1.54) is 0 Å². The molecule has 4 nitrogen and oxygen atoms in total. The van der Waals surface area contributed by atoms with E-state index in [4.69, 9.17) is 4.74 Å². The van der Waals surface area contributed by atoms with Crippen LogP contribution in [-0.4, -0.2) is 50.2 Å². The van der Waals surface area contributed by atoms with Crippen LogP contribution in [0.5, 0.6) is 0 Å². The number of piperidine rings is 1. The van der Waals surface area contributed by atoms with Gasteiger partial charge in [-0.25, -0.2) is 0 Å². The Hall–Kier alpha value is -0.610. The van der Waals surface area contributed by atoms with Gasteiger partial charge in [-0.15, -0.1) is 0 Å². The summed E-state index contributed by atoms with van der Waals surface area (Å²) >= 11 is 0. The van der Waals surface area contributed by atoms with E-state index in [1.807, 2.05) is 7.05 Å². The van der Waals surface area contributed by atoms with Gasteiger partial charge in [0.2, 0.25) is 5.91 Å². The molecular formula is C11H22N2O2. The van der Waals surface area contributed by atoms with Gasteiger partial charge in [-0.05, 0) is 32.4 Å². The van der Waals surface area contributed by atoms with Crippen LogP contribution in [0.4, 0.5) is 0 Å². The number of rotatable bonds is 5. The Morgan fingerprint density at radius 2 is 2.13 bits per heavy atom. The van der Waals surface area contributed by atoms with Crippen molar-refractivity contribution in [3.63, 3.8) is 0 Å². The minimum Gasteiger partial charge on any atom is -0.368 e. The second-order valence-electron chi connectivity index (χ2n) is 4.08. The Morgan fingerprint density at radius 3 is 2.73 bits per heavy atom. The molecule has 1 rings (SSSR count). The van der Waals surface area contributed by atoms with Gasteiger partial charge in [-0.2, -0.15) is 0 Å². The maximum absolute atomic E-state index is 11.6. The number of nitrogens with zero attached hydrogens (tertiary/aromatic N) is 1. The van der Waals surface area contributed by atoms with Crippen LogP contribution in [0.25, 0.3) is 0 Å². The highest BCUT2D eigenvalue weighted by Crippen LogP contribution is 2.07. The number of ether oxygens (including phenoxy) is 1. The summed E-state index contributed by atoms with van der Waals surface area (Å²) in [6.45, 7) is 5.13. The number of likely N-dealkylation sites (N-methyl/N-ethyl adjacent to an activating group) is 1. The lowest BCUT2D eigenvalue weighted by atomic mass is 10.1. The van der Waals surface area contributed by atoms with Crippen LogP contribution in [0, 0.1) is 0 Å². The van der Waals surface area contributed by atoms with E-state index in [0.29, 0.717) is 0 Å². The normalized spacial score (nSPS) is 17.7. The Labute approximate surface area is 92.0 Å². The van der Waals surface area contributed by atoms with Crippen molar-refractivity contribution in [1.29, 1.82) is 0 Å². The van der Waals surface area contributed by atoms with Gasteiger partial charge >= 0.3 is 0 Å². The van der Waals surface area contributed by atoms with Crippen LogP contribution in [0.1, 0.15) is 26.2 Å². The summed E-state index contributed by atoms with van der Waals surface area (Å²) in [4.78, 5) is 13.3. The van der Waals surface area contributed by atoms with Gasteiger partial charge in [-0.1, -0.05) is 6.92 Å². The van der Waals surface area contributed by atoms with E-state index in [2.05, 4.69) is 12.2 Å². The molecule has 4 heteroatoms. The van der Waals surface area contributed by atoms with Crippen molar-refractivity contribution < 1.29 is 9.53 Å². The molecule has 1 saturated heterocycles. The zero-order valence-corrected chi connectivity index (χ0v) is 9.79. The van der Waals surface area contributed by atoms with Crippen LogP contribution in [0.2, 0.25) is 0 Å². The predicted molar refractivity (Wildman–Crippen MR) is 59.8 cm³/mol. The fourth-order valence-corrected chi connectivity index (χ4v) is 1.72. The molecule has 0 atom stereocenters. The number of nitrogens with one attached hydrogen (secondary N) is 1. The zero-order chi connectivity index (χ0) is 11.1. The molecule has 88 valence electrons. The number of hydrogen-bond acceptors (Lipinski definition) is 3. The molecule has 1 aliphatic rings. The summed E-state index contributed by atoms with van der Waals surface area (Å²) in [5.74, 6) is 0.0929. The van der Waals surface area contributed by atoms with Gasteiger partial charge in [0.15, 0.2) is 0 Å². The van der Waals surface area contributed by atoms with Crippen molar-refractivity contribution in [1.82, 2.24) is 10.2 Å². The van der Waals surface area contributed by atoms with Gasteiger partial charge in [0, 0.05) is 13.6 Å². The molecular weight excluding hydrogens is 192 g/mol. The first kappa shape index (κ1) is 12.5. The van der Waals surface area contributed by atoms with Gasteiger partial charge in [0.25, 0.3) is 0 Å². The zero-order valence-electron chi connectivity index (χ0n) is 9.79. The van der Waals surface area contributed by atoms with Crippen LogP contribution >= 0.6 is 0 Å². The van der Waals surface area contributed by atoms with Crippen molar-refractivity contribution in [3.8, 4) is 0 Å². The molecule has 0 bridgehead atoms. The highest BCUT2D eigenvalue weighted by Gasteiger charge is 2.15. The number of hydrogen-bond donors (Lipinski definition) is 1. The molecule has 0 aromatic carbocycles. The van der Waals surface area contributed by atoms with Gasteiger partial charge < -0.3 is 15.0 Å². The van der Waals surface area contributed by atoms with Crippen molar-refractivity contribution in [2.75, 3.05) is 33.3 Å². The monoisotopic (exact) mass is 214 g/mol. The number of carbonyl (C=O) groups excluding carboxylic acids is 1. The van der Waals surface area contributed by atoms with E-state index in [9.17, 15) is 4.79 Å². The molecule has 15 heavy (non-hydrogen) atoms. The summed E-state index contributed by atoms with van der Waals surface area (Å²) in [6.07, 6.45) is 3.30. The van der Waals surface area contributed by atoms with Crippen LogP contribution < -0.4 is 5.32 Å². The first-order valence-corrected chi connectivity index (χ1v) is 5.80. The molecule has 0 radical (unpaired) electrons. The van der Waals surface area contributed by atoms with Gasteiger partial charge in [-0.3, -0.25) is 4.79 Å². The topological polar surface area (TPSA) is 41.6 Å². The standard InChI is InChI=1S/C11H22N2O2/c1-3-8-13(2)11(14)9-15-10-4-6-12-7-5-10/h10,12H,3-9H2,1-2H3. The molecule has 0 aromatic heterocycles. The van der Waals surface area contributed by atoms with Crippen molar-refractivity contribution in [2.45, 2.75) is 32.3 Å². The van der Waals surface area contributed by atoms with Crippen molar-refractivity contribution >= 4 is 5.91 Å². The maximum atomic E-state index is 11.6. The summed E-state index contributed by atoms with van der Waals surface area (Å²) in [7, 11) is 1.83. The Kier molecular flexibility index (Phi) is 5.65. The van der Waals surface area contributed by atoms with E-state index < -0.39 is 0 Å². The quantitative estimate of drug-likeness (QED) is 0.729. The summed E-state index contributed by atoms with van der Waals surface area (Å²) in [5, 5.41) is 3.27. The van der Waals surface area contributed by atoms with Crippen LogP contribution in [0.3, 0.4) is 0 Å². The Morgan fingerprint density at radius 1 is 1.47 bits per heavy atom. The molecule has 0 saturated carbocycles. The second kappa shape index (κ2) is 6.80. The molecule has 0 unspecified atom stereocenters. The predicted octanol–water partition coefficient (Wildman–Crippen LogP) is 0.623. The maximum Gasteiger partial charge on any atom is 0.248 e. The fourth-order valence-electron chi connectivity index (χ4n) is 1.72. The summed E-state index contributed by atoms with van der Waals surface area (Å²) in [5.41, 5.74) is 0. The van der Waals surface area contributed by atoms with Gasteiger partial charge in [0.05, 0.1) is 6.10 Å². The summed E-state index contributed by atoms with van der Waals surface area (Å²) in [6, 6.07) is 0. The van der Waals surface area contributed by atoms with E-state index in [-0.39, 0.29) is 18.6 Å². The molecule has 1 aliphatic heterocycles. The molecule has 1 fully saturated rings. The Bertz CT molecular complexity index is 191. The lowest BCUT2D eigenvalue weighted by Gasteiger charge is -2.24. The second-order valence-corrected chi connectivity index (χ2v) is 4.08. The number of carbonyl (C=O) groups is 1. The minimum atomic E-state index is 0.0929. The van der Waals surface area contributed by atoms with Crippen LogP contribution in [0.15, 0.2) is 0 Å². The molecule has 1 amide bonds. The van der Waals surface area contributed by atoms with E-state index in [1.54, 1.807) is 4.90 Å². The largest absolute Gasteiger partial charge is 0.368 e. The molecule has 0 spiro atoms. The fraction of sp³-hybridized carbons (Fsp3) is 0.909. The van der Waals surface area contributed by atoms with Crippen molar-refractivity contribution in [2.24, 2.45) is 0 Å². The smallest absolute Gasteiger partial charge is 0.248 e. The lowest BCUT2D eigenvalue weighted by molar-refractivity contribution is -0.137. The molecule has 1 heterocycles. The average molecular weight is 214 g/mol.